The SMILES string of the molecule is O=C(NCc1cccnc1)C12C[C@H]3C[C@@H](CC(Cl)(C3)C1)C2. The molecule has 1 amide bonds. The van der Waals surface area contributed by atoms with Crippen LogP contribution >= 0.6 is 11.6 Å². The molecule has 0 radical (unpaired) electrons. The summed E-state index contributed by atoms with van der Waals surface area (Å²) in [6, 6.07) is 3.90. The zero-order chi connectivity index (χ0) is 14.5. The van der Waals surface area contributed by atoms with E-state index in [2.05, 4.69) is 10.3 Å². The van der Waals surface area contributed by atoms with Gasteiger partial charge in [-0.05, 0) is 62.0 Å². The Morgan fingerprint density at radius 2 is 2.10 bits per heavy atom. The number of halogens is 1. The average Bonchev–Trinajstić information content (AvgIpc) is 2.43. The maximum atomic E-state index is 12.8. The number of hydrogen-bond acceptors (Lipinski definition) is 2. The zero-order valence-electron chi connectivity index (χ0n) is 12.1. The number of aromatic nitrogens is 1. The van der Waals surface area contributed by atoms with E-state index < -0.39 is 0 Å². The van der Waals surface area contributed by atoms with Crippen molar-refractivity contribution in [2.45, 2.75) is 49.9 Å². The fourth-order valence-corrected chi connectivity index (χ4v) is 5.98. The number of nitrogens with one attached hydrogen (secondary N) is 1. The second-order valence-corrected chi connectivity index (χ2v) is 8.24. The molecule has 1 N–H and O–H groups in total. The summed E-state index contributed by atoms with van der Waals surface area (Å²) in [5, 5.41) is 3.14. The molecule has 3 nitrogen and oxygen atoms in total. The molecule has 4 aliphatic rings. The van der Waals surface area contributed by atoms with Crippen molar-refractivity contribution in [3.8, 4) is 0 Å². The molecule has 4 saturated carbocycles. The smallest absolute Gasteiger partial charge is 0.226 e. The van der Waals surface area contributed by atoms with Gasteiger partial charge in [0.25, 0.3) is 0 Å². The van der Waals surface area contributed by atoms with E-state index in [1.165, 1.54) is 6.42 Å². The Hall–Kier alpha value is -1.09. The largest absolute Gasteiger partial charge is 0.351 e. The highest BCUT2D eigenvalue weighted by Crippen LogP contribution is 2.63. The minimum absolute atomic E-state index is 0.101. The number of alkyl halides is 1. The van der Waals surface area contributed by atoms with Gasteiger partial charge in [0.1, 0.15) is 0 Å². The Balaban J connectivity index is 1.49. The van der Waals surface area contributed by atoms with Gasteiger partial charge >= 0.3 is 0 Å². The minimum Gasteiger partial charge on any atom is -0.351 e. The van der Waals surface area contributed by atoms with Crippen molar-refractivity contribution in [2.24, 2.45) is 17.3 Å². The van der Waals surface area contributed by atoms with E-state index in [-0.39, 0.29) is 16.2 Å². The van der Waals surface area contributed by atoms with Gasteiger partial charge in [-0.3, -0.25) is 9.78 Å². The Morgan fingerprint density at radius 1 is 1.33 bits per heavy atom. The van der Waals surface area contributed by atoms with E-state index >= 15 is 0 Å². The molecule has 4 bridgehead atoms. The van der Waals surface area contributed by atoms with Crippen LogP contribution in [0.1, 0.15) is 44.1 Å². The standard InChI is InChI=1S/C17H21ClN2O/c18-17-7-13-4-14(8-17)6-16(5-13,11-17)15(21)20-10-12-2-1-3-19-9-12/h1-3,9,13-14H,4-8,10-11H2,(H,20,21)/t13-,14-,16?,17?/m1/s1. The minimum atomic E-state index is -0.200. The number of amides is 1. The van der Waals surface area contributed by atoms with Crippen LogP contribution in [0.5, 0.6) is 0 Å². The Kier molecular flexibility index (Phi) is 3.04. The van der Waals surface area contributed by atoms with E-state index in [9.17, 15) is 4.79 Å². The third-order valence-corrected chi connectivity index (χ3v) is 6.09. The van der Waals surface area contributed by atoms with Crippen molar-refractivity contribution in [1.29, 1.82) is 0 Å². The van der Waals surface area contributed by atoms with Gasteiger partial charge in [-0.25, -0.2) is 0 Å². The molecule has 4 aliphatic carbocycles. The van der Waals surface area contributed by atoms with Crippen LogP contribution in [0.2, 0.25) is 0 Å². The lowest BCUT2D eigenvalue weighted by molar-refractivity contribution is -0.144. The van der Waals surface area contributed by atoms with Crippen LogP contribution in [0.15, 0.2) is 24.5 Å². The highest BCUT2D eigenvalue weighted by atomic mass is 35.5. The highest BCUT2D eigenvalue weighted by Gasteiger charge is 2.59. The lowest BCUT2D eigenvalue weighted by Crippen LogP contribution is -2.58. The van der Waals surface area contributed by atoms with Crippen molar-refractivity contribution in [1.82, 2.24) is 10.3 Å². The summed E-state index contributed by atoms with van der Waals surface area (Å²) in [6.07, 6.45) is 10.0. The molecule has 0 unspecified atom stereocenters. The number of carbonyl (C=O) groups excluding carboxylic acids is 1. The van der Waals surface area contributed by atoms with Crippen LogP contribution in [0.4, 0.5) is 0 Å². The summed E-state index contributed by atoms with van der Waals surface area (Å²) in [6.45, 7) is 0.568. The second-order valence-electron chi connectivity index (χ2n) is 7.44. The topological polar surface area (TPSA) is 42.0 Å². The number of hydrogen-bond donors (Lipinski definition) is 1. The van der Waals surface area contributed by atoms with Crippen LogP contribution in [0, 0.1) is 17.3 Å². The predicted octanol–water partition coefficient (Wildman–Crippen LogP) is 3.28. The Morgan fingerprint density at radius 3 is 2.71 bits per heavy atom. The summed E-state index contributed by atoms with van der Waals surface area (Å²) < 4.78 is 0. The highest BCUT2D eigenvalue weighted by molar-refractivity contribution is 6.24. The van der Waals surface area contributed by atoms with E-state index in [1.54, 1.807) is 6.20 Å². The summed E-state index contributed by atoms with van der Waals surface area (Å²) in [5.74, 6) is 1.53. The third kappa shape index (κ3) is 2.36. The van der Waals surface area contributed by atoms with Gasteiger partial charge in [-0.2, -0.15) is 0 Å². The molecule has 0 aromatic carbocycles. The first-order valence-corrected chi connectivity index (χ1v) is 8.31. The Labute approximate surface area is 130 Å². The van der Waals surface area contributed by atoms with Crippen LogP contribution in [0.3, 0.4) is 0 Å². The molecule has 1 aromatic rings. The lowest BCUT2D eigenvalue weighted by atomic mass is 9.49. The van der Waals surface area contributed by atoms with Crippen molar-refractivity contribution >= 4 is 17.5 Å². The predicted molar refractivity (Wildman–Crippen MR) is 81.8 cm³/mol. The maximum absolute atomic E-state index is 12.8. The van der Waals surface area contributed by atoms with E-state index in [0.717, 1.165) is 37.7 Å². The molecule has 4 heteroatoms. The number of pyridine rings is 1. The van der Waals surface area contributed by atoms with E-state index in [0.29, 0.717) is 18.4 Å². The quantitative estimate of drug-likeness (QED) is 0.871. The maximum Gasteiger partial charge on any atom is 0.226 e. The van der Waals surface area contributed by atoms with Gasteiger partial charge in [-0.15, -0.1) is 11.6 Å². The Bertz CT molecular complexity index is 545. The zero-order valence-corrected chi connectivity index (χ0v) is 12.9. The monoisotopic (exact) mass is 304 g/mol. The fraction of sp³-hybridized carbons (Fsp3) is 0.647. The molecule has 0 saturated heterocycles. The summed E-state index contributed by atoms with van der Waals surface area (Å²) >= 11 is 6.79. The molecule has 112 valence electrons. The number of carbonyl (C=O) groups is 1. The van der Waals surface area contributed by atoms with Crippen molar-refractivity contribution in [3.63, 3.8) is 0 Å². The number of rotatable bonds is 3. The third-order valence-electron chi connectivity index (χ3n) is 5.65. The first-order chi connectivity index (χ1) is 10.1. The number of nitrogens with zero attached hydrogens (tertiary/aromatic N) is 1. The van der Waals surface area contributed by atoms with Crippen LogP contribution in [0.25, 0.3) is 0 Å². The van der Waals surface area contributed by atoms with Crippen molar-refractivity contribution in [2.75, 3.05) is 0 Å². The van der Waals surface area contributed by atoms with Gasteiger partial charge < -0.3 is 5.32 Å². The van der Waals surface area contributed by atoms with Crippen molar-refractivity contribution < 1.29 is 4.79 Å². The molecule has 1 heterocycles. The summed E-state index contributed by atoms with van der Waals surface area (Å²) in [5.41, 5.74) is 0.852. The lowest BCUT2D eigenvalue weighted by Gasteiger charge is -2.59. The van der Waals surface area contributed by atoms with Gasteiger partial charge in [0, 0.05) is 23.8 Å². The van der Waals surface area contributed by atoms with E-state index in [4.69, 9.17) is 11.6 Å². The molecule has 0 spiro atoms. The fourth-order valence-electron chi connectivity index (χ4n) is 5.29. The molecule has 4 fully saturated rings. The second kappa shape index (κ2) is 4.70. The van der Waals surface area contributed by atoms with Crippen molar-refractivity contribution in [3.05, 3.63) is 30.1 Å². The van der Waals surface area contributed by atoms with Gasteiger partial charge in [-0.1, -0.05) is 6.07 Å². The summed E-state index contributed by atoms with van der Waals surface area (Å²) in [7, 11) is 0. The van der Waals surface area contributed by atoms with Crippen LogP contribution in [-0.4, -0.2) is 15.8 Å². The molecular weight excluding hydrogens is 284 g/mol. The van der Waals surface area contributed by atoms with Gasteiger partial charge in [0.05, 0.1) is 5.41 Å². The molecule has 1 aromatic heterocycles. The van der Waals surface area contributed by atoms with Gasteiger partial charge in [0.15, 0.2) is 0 Å². The summed E-state index contributed by atoms with van der Waals surface area (Å²) in [4.78, 5) is 16.8. The van der Waals surface area contributed by atoms with Gasteiger partial charge in [0.2, 0.25) is 5.91 Å². The molecule has 21 heavy (non-hydrogen) atoms. The molecular formula is C17H21ClN2O. The van der Waals surface area contributed by atoms with Crippen LogP contribution < -0.4 is 5.32 Å². The first kappa shape index (κ1) is 13.6. The molecule has 2 atom stereocenters. The average molecular weight is 305 g/mol. The first-order valence-electron chi connectivity index (χ1n) is 7.93. The van der Waals surface area contributed by atoms with Crippen LogP contribution in [-0.2, 0) is 11.3 Å². The normalized spacial score (nSPS) is 40.2. The van der Waals surface area contributed by atoms with E-state index in [1.807, 2.05) is 18.3 Å². The molecule has 0 aliphatic heterocycles. The molecule has 5 rings (SSSR count).